The molecule has 0 saturated carbocycles. The molecule has 2 bridgehead atoms. The fourth-order valence-electron chi connectivity index (χ4n) is 5.97. The van der Waals surface area contributed by atoms with E-state index in [0.29, 0.717) is 39.3 Å². The van der Waals surface area contributed by atoms with Crippen molar-refractivity contribution in [1.82, 2.24) is 14.7 Å². The van der Waals surface area contributed by atoms with E-state index in [1.54, 1.807) is 11.0 Å². The Bertz CT molecular complexity index is 851. The average Bonchev–Trinajstić information content (AvgIpc) is 3.44. The van der Waals surface area contributed by atoms with Crippen LogP contribution in [0.25, 0.3) is 0 Å². The van der Waals surface area contributed by atoms with E-state index in [4.69, 9.17) is 14.2 Å². The molecular weight excluding hydrogens is 522 g/mol. The largest absolute Gasteiger partial charge is 0.461 e. The third kappa shape index (κ3) is 4.69. The molecule has 35 heavy (non-hydrogen) atoms. The quantitative estimate of drug-likeness (QED) is 0.212. The smallest absolute Gasteiger partial charge is 0.312 e. The van der Waals surface area contributed by atoms with Gasteiger partial charge in [0.05, 0.1) is 37.8 Å². The number of alkyl halides is 1. The Balaban J connectivity index is 1.62. The fourth-order valence-corrected chi connectivity index (χ4v) is 6.91. The van der Waals surface area contributed by atoms with Crippen molar-refractivity contribution in [2.45, 2.75) is 29.0 Å². The van der Waals surface area contributed by atoms with E-state index in [1.165, 1.54) is 11.0 Å². The van der Waals surface area contributed by atoms with E-state index in [9.17, 15) is 19.5 Å². The molecule has 4 rings (SSSR count). The topological polar surface area (TPSA) is 109 Å². The summed E-state index contributed by atoms with van der Waals surface area (Å²) in [6, 6.07) is -0.945. The summed E-state index contributed by atoms with van der Waals surface area (Å²) in [4.78, 5) is 45.8. The maximum Gasteiger partial charge on any atom is 0.312 e. The van der Waals surface area contributed by atoms with Gasteiger partial charge >= 0.3 is 5.97 Å². The van der Waals surface area contributed by atoms with Crippen LogP contribution in [0.3, 0.4) is 0 Å². The zero-order valence-electron chi connectivity index (χ0n) is 19.9. The molecule has 1 N–H and O–H groups in total. The van der Waals surface area contributed by atoms with Gasteiger partial charge in [-0.1, -0.05) is 34.7 Å². The molecule has 10 nitrogen and oxygen atoms in total. The minimum Gasteiger partial charge on any atom is -0.461 e. The lowest BCUT2D eigenvalue weighted by atomic mass is 9.70. The van der Waals surface area contributed by atoms with E-state index in [0.717, 1.165) is 13.1 Å². The third-order valence-corrected chi connectivity index (χ3v) is 8.28. The van der Waals surface area contributed by atoms with Crippen LogP contribution in [0.4, 0.5) is 0 Å². The van der Waals surface area contributed by atoms with Crippen LogP contribution in [0.15, 0.2) is 25.3 Å². The monoisotopic (exact) mass is 555 g/mol. The van der Waals surface area contributed by atoms with Gasteiger partial charge in [0, 0.05) is 44.1 Å². The number of hydrogen-bond acceptors (Lipinski definition) is 8. The number of rotatable bonds is 11. The number of ether oxygens (including phenoxy) is 3. The molecule has 4 aliphatic rings. The minimum absolute atomic E-state index is 0.0196. The van der Waals surface area contributed by atoms with Crippen LogP contribution in [-0.2, 0) is 28.6 Å². The molecule has 4 fully saturated rings. The second-order valence-electron chi connectivity index (χ2n) is 9.36. The summed E-state index contributed by atoms with van der Waals surface area (Å²) in [5.41, 5.74) is -1.17. The highest BCUT2D eigenvalue weighted by Crippen LogP contribution is 2.60. The summed E-state index contributed by atoms with van der Waals surface area (Å²) in [5, 5.41) is 9.73. The number of amides is 2. The van der Waals surface area contributed by atoms with Crippen LogP contribution in [-0.4, -0.2) is 126 Å². The summed E-state index contributed by atoms with van der Waals surface area (Å²) in [6.07, 6.45) is 2.96. The van der Waals surface area contributed by atoms with Crippen LogP contribution in [0.1, 0.15) is 6.42 Å². The first-order valence-electron chi connectivity index (χ1n) is 12.1. The van der Waals surface area contributed by atoms with Gasteiger partial charge < -0.3 is 29.1 Å². The number of aliphatic hydroxyl groups excluding tert-OH is 1. The first-order chi connectivity index (χ1) is 16.9. The van der Waals surface area contributed by atoms with Crippen LogP contribution in [0.5, 0.6) is 0 Å². The van der Waals surface area contributed by atoms with Gasteiger partial charge in [0.1, 0.15) is 18.2 Å². The first-order valence-corrected chi connectivity index (χ1v) is 13.0. The Morgan fingerprint density at radius 1 is 1.26 bits per heavy atom. The predicted molar refractivity (Wildman–Crippen MR) is 130 cm³/mol. The van der Waals surface area contributed by atoms with Gasteiger partial charge in [-0.15, -0.1) is 6.58 Å². The molecule has 194 valence electrons. The lowest BCUT2D eigenvalue weighted by Crippen LogP contribution is -2.58. The highest BCUT2D eigenvalue weighted by molar-refractivity contribution is 9.09. The second-order valence-corrected chi connectivity index (χ2v) is 10.5. The van der Waals surface area contributed by atoms with Crippen LogP contribution < -0.4 is 0 Å². The molecule has 4 heterocycles. The standard InChI is InChI=1S/C24H34BrN3O7/c1-3-5-27(7-6-26-9-13-33-14-10-26)22(31)20-24-15-16(25)19(35-24)17(23(32)34-12-4-2)18(24)21(30)28(20)8-11-29/h3-4,16-20,29H,1-2,5-15H2/t16?,17-,18-,19-,20?,24?/m0/s1. The van der Waals surface area contributed by atoms with Crippen molar-refractivity contribution in [3.63, 3.8) is 0 Å². The molecule has 11 heteroatoms. The van der Waals surface area contributed by atoms with E-state index in [1.807, 2.05) is 0 Å². The molecule has 0 aromatic carbocycles. The van der Waals surface area contributed by atoms with E-state index in [-0.39, 0.29) is 36.4 Å². The lowest BCUT2D eigenvalue weighted by Gasteiger charge is -2.37. The summed E-state index contributed by atoms with van der Waals surface area (Å²) in [7, 11) is 0. The number of carbonyl (C=O) groups excluding carboxylic acids is 3. The number of carbonyl (C=O) groups is 3. The number of morpholine rings is 1. The summed E-state index contributed by atoms with van der Waals surface area (Å²) < 4.78 is 17.1. The van der Waals surface area contributed by atoms with Gasteiger partial charge in [-0.25, -0.2) is 0 Å². The van der Waals surface area contributed by atoms with Crippen molar-refractivity contribution in [3.05, 3.63) is 25.3 Å². The molecule has 0 aromatic heterocycles. The Morgan fingerprint density at radius 3 is 2.66 bits per heavy atom. The number of nitrogens with zero attached hydrogens (tertiary/aromatic N) is 3. The number of halogens is 1. The highest BCUT2D eigenvalue weighted by Gasteiger charge is 2.77. The Hall–Kier alpha value is -1.79. The molecule has 4 aliphatic heterocycles. The first kappa shape index (κ1) is 26.3. The molecule has 6 atom stereocenters. The third-order valence-electron chi connectivity index (χ3n) is 7.43. The van der Waals surface area contributed by atoms with Crippen LogP contribution in [0.2, 0.25) is 0 Å². The van der Waals surface area contributed by atoms with Gasteiger partial charge in [0.2, 0.25) is 11.8 Å². The zero-order chi connectivity index (χ0) is 25.2. The van der Waals surface area contributed by atoms with Gasteiger partial charge in [0.25, 0.3) is 0 Å². The van der Waals surface area contributed by atoms with Gasteiger partial charge in [-0.3, -0.25) is 19.3 Å². The van der Waals surface area contributed by atoms with Crippen molar-refractivity contribution < 1.29 is 33.7 Å². The highest BCUT2D eigenvalue weighted by atomic mass is 79.9. The fraction of sp³-hybridized carbons (Fsp3) is 0.708. The molecule has 0 radical (unpaired) electrons. The second kappa shape index (κ2) is 11.1. The van der Waals surface area contributed by atoms with Gasteiger partial charge in [-0.05, 0) is 6.42 Å². The lowest BCUT2D eigenvalue weighted by molar-refractivity contribution is -0.154. The maximum absolute atomic E-state index is 14.1. The Morgan fingerprint density at radius 2 is 2.00 bits per heavy atom. The molecule has 0 aliphatic carbocycles. The molecular formula is C24H34BrN3O7. The summed E-state index contributed by atoms with van der Waals surface area (Å²) in [6.45, 7) is 11.4. The maximum atomic E-state index is 14.1. The number of hydrogen-bond donors (Lipinski definition) is 1. The molecule has 4 saturated heterocycles. The van der Waals surface area contributed by atoms with Crippen molar-refractivity contribution in [2.75, 3.05) is 65.7 Å². The van der Waals surface area contributed by atoms with Crippen molar-refractivity contribution in [3.8, 4) is 0 Å². The van der Waals surface area contributed by atoms with Gasteiger partial charge in [0.15, 0.2) is 0 Å². The number of fused-ring (bicyclic) bond motifs is 1. The zero-order valence-corrected chi connectivity index (χ0v) is 21.4. The number of esters is 1. The van der Waals surface area contributed by atoms with E-state index in [2.05, 4.69) is 34.0 Å². The minimum atomic E-state index is -1.17. The van der Waals surface area contributed by atoms with E-state index >= 15 is 0 Å². The number of β-amino-alcohol motifs (C(OH)–C–C–N with tert-alkyl or cyclic N) is 1. The SMILES string of the molecule is C=CCOC(=O)[C@H]1[C@H]2C(=O)N(CCO)C(C(=O)N(CC=C)CCN3CCOCC3)C23CC(Br)[C@@H]1O3. The van der Waals surface area contributed by atoms with Crippen molar-refractivity contribution in [1.29, 1.82) is 0 Å². The van der Waals surface area contributed by atoms with Gasteiger partial charge in [-0.2, -0.15) is 0 Å². The van der Waals surface area contributed by atoms with Crippen LogP contribution >= 0.6 is 15.9 Å². The molecule has 1 spiro atoms. The van der Waals surface area contributed by atoms with Crippen molar-refractivity contribution in [2.24, 2.45) is 11.8 Å². The Kier molecular flexibility index (Phi) is 8.32. The molecule has 3 unspecified atom stereocenters. The summed E-state index contributed by atoms with van der Waals surface area (Å²) in [5.74, 6) is -2.83. The predicted octanol–water partition coefficient (Wildman–Crippen LogP) is -0.197. The van der Waals surface area contributed by atoms with Crippen LogP contribution in [0, 0.1) is 11.8 Å². The number of aliphatic hydroxyl groups is 1. The Labute approximate surface area is 213 Å². The molecule has 0 aromatic rings. The van der Waals surface area contributed by atoms with E-state index < -0.39 is 35.6 Å². The summed E-state index contributed by atoms with van der Waals surface area (Å²) >= 11 is 3.62. The average molecular weight is 556 g/mol. The number of likely N-dealkylation sites (tertiary alicyclic amines) is 1. The molecule has 2 amide bonds. The van der Waals surface area contributed by atoms with Crippen molar-refractivity contribution >= 4 is 33.7 Å². The normalized spacial score (nSPS) is 34.1.